The van der Waals surface area contributed by atoms with E-state index in [9.17, 15) is 32.8 Å². The van der Waals surface area contributed by atoms with Gasteiger partial charge in [-0.1, -0.05) is 6.07 Å². The Morgan fingerprint density at radius 1 is 1.04 bits per heavy atom. The zero-order valence-electron chi connectivity index (χ0n) is 27.1. The number of carbonyl (C=O) groups excluding carboxylic acids is 2. The van der Waals surface area contributed by atoms with Crippen molar-refractivity contribution in [2.75, 3.05) is 34.3 Å². The van der Waals surface area contributed by atoms with Gasteiger partial charge in [-0.2, -0.15) is 23.5 Å². The van der Waals surface area contributed by atoms with E-state index in [4.69, 9.17) is 4.74 Å². The molecule has 2 heterocycles. The van der Waals surface area contributed by atoms with Gasteiger partial charge in [-0.15, -0.1) is 0 Å². The number of ether oxygens (including phenoxy) is 1. The van der Waals surface area contributed by atoms with Crippen molar-refractivity contribution in [2.24, 2.45) is 5.92 Å². The number of amides is 1. The van der Waals surface area contributed by atoms with E-state index in [-0.39, 0.29) is 35.0 Å². The number of imidazole rings is 1. The number of hydrogen-bond acceptors (Lipinski definition) is 6. The minimum Gasteiger partial charge on any atom is -0.459 e. The number of nitriles is 1. The Labute approximate surface area is 275 Å². The van der Waals surface area contributed by atoms with E-state index in [0.717, 1.165) is 21.3 Å². The Morgan fingerprint density at radius 3 is 2.35 bits per heavy atom. The van der Waals surface area contributed by atoms with Crippen LogP contribution in [0.5, 0.6) is 0 Å². The van der Waals surface area contributed by atoms with Gasteiger partial charge in [-0.25, -0.2) is 18.8 Å². The molecule has 0 bridgehead atoms. The van der Waals surface area contributed by atoms with Gasteiger partial charge in [0.25, 0.3) is 0 Å². The number of quaternary nitrogens is 1. The van der Waals surface area contributed by atoms with Gasteiger partial charge in [0, 0.05) is 6.04 Å². The van der Waals surface area contributed by atoms with Gasteiger partial charge in [0.05, 0.1) is 73.2 Å². The highest BCUT2D eigenvalue weighted by molar-refractivity contribution is 5.83. The number of halogens is 3. The summed E-state index contributed by atoms with van der Waals surface area (Å²) in [5, 5.41) is 16.5. The molecule has 5 rings (SSSR count). The van der Waals surface area contributed by atoms with Crippen LogP contribution < -0.4 is 11.0 Å². The van der Waals surface area contributed by atoms with Crippen LogP contribution in [0, 0.1) is 24.2 Å². The van der Waals surface area contributed by atoms with Crippen molar-refractivity contribution < 1.29 is 32.0 Å². The lowest BCUT2D eigenvalue weighted by Gasteiger charge is -2.28. The zero-order valence-corrected chi connectivity index (χ0v) is 27.1. The van der Waals surface area contributed by atoms with Gasteiger partial charge >= 0.3 is 23.9 Å². The third-order valence-electron chi connectivity index (χ3n) is 8.44. The van der Waals surface area contributed by atoms with E-state index in [1.165, 1.54) is 23.0 Å². The monoisotopic (exact) mass is 664 g/mol. The highest BCUT2D eigenvalue weighted by atomic mass is 19.4. The molecule has 0 saturated heterocycles. The molecule has 0 aliphatic heterocycles. The molecule has 2 aromatic carbocycles. The molecule has 0 atom stereocenters. The normalized spacial score (nSPS) is 16.7. The number of likely N-dealkylation sites (N-methyl/N-ethyl adjacent to an activating group) is 1. The minimum atomic E-state index is -4.65. The van der Waals surface area contributed by atoms with Crippen molar-refractivity contribution >= 4 is 12.0 Å². The van der Waals surface area contributed by atoms with E-state index in [1.807, 2.05) is 27.2 Å². The minimum absolute atomic E-state index is 0.0613. The molecule has 2 aromatic heterocycles. The van der Waals surface area contributed by atoms with Gasteiger partial charge in [0.15, 0.2) is 0 Å². The fraction of sp³-hybridized carbons (Fsp3) is 0.382. The molecule has 1 fully saturated rings. The third kappa shape index (κ3) is 7.36. The number of hydrogen-bond donors (Lipinski definition) is 1. The Hall–Kier alpha value is -5.16. The molecule has 14 heteroatoms. The van der Waals surface area contributed by atoms with Crippen molar-refractivity contribution in [3.05, 3.63) is 88.1 Å². The first-order valence-electron chi connectivity index (χ1n) is 15.5. The number of aromatic nitrogens is 4. The van der Waals surface area contributed by atoms with Gasteiger partial charge in [-0.3, -0.25) is 9.36 Å². The molecular formula is C34H37F3N7O4+. The summed E-state index contributed by atoms with van der Waals surface area (Å²) < 4.78 is 50.5. The second-order valence-corrected chi connectivity index (χ2v) is 12.9. The smallest absolute Gasteiger partial charge is 0.416 e. The summed E-state index contributed by atoms with van der Waals surface area (Å²) in [7, 11) is 6.03. The Morgan fingerprint density at radius 2 is 1.73 bits per heavy atom. The molecule has 252 valence electrons. The first kappa shape index (κ1) is 34.2. The van der Waals surface area contributed by atoms with E-state index in [1.54, 1.807) is 37.3 Å². The Bertz CT molecular complexity index is 1900. The molecule has 1 N–H and O–H groups in total. The van der Waals surface area contributed by atoms with Crippen LogP contribution in [0.4, 0.5) is 18.0 Å². The van der Waals surface area contributed by atoms with E-state index >= 15 is 0 Å². The van der Waals surface area contributed by atoms with Gasteiger partial charge < -0.3 is 14.5 Å². The summed E-state index contributed by atoms with van der Waals surface area (Å²) >= 11 is 0. The zero-order chi connectivity index (χ0) is 34.8. The second kappa shape index (κ2) is 13.5. The quantitative estimate of drug-likeness (QED) is 0.208. The number of carbonyl (C=O) groups is 2. The summed E-state index contributed by atoms with van der Waals surface area (Å²) in [5.74, 6) is -0.563. The molecule has 11 nitrogen and oxygen atoms in total. The first-order valence-corrected chi connectivity index (χ1v) is 15.5. The number of nitrogens with one attached hydrogen (secondary N) is 1. The average Bonchev–Trinajstić information content (AvgIpc) is 3.62. The Kier molecular flexibility index (Phi) is 9.63. The molecule has 1 saturated carbocycles. The van der Waals surface area contributed by atoms with Gasteiger partial charge in [0.2, 0.25) is 0 Å². The van der Waals surface area contributed by atoms with Crippen molar-refractivity contribution in [3.8, 4) is 28.8 Å². The largest absolute Gasteiger partial charge is 0.459 e. The van der Waals surface area contributed by atoms with Crippen LogP contribution in [-0.4, -0.2) is 75.7 Å². The molecule has 0 radical (unpaired) electrons. The fourth-order valence-electron chi connectivity index (χ4n) is 5.84. The van der Waals surface area contributed by atoms with Crippen LogP contribution in [-0.2, 0) is 15.7 Å². The van der Waals surface area contributed by atoms with Crippen LogP contribution in [0.3, 0.4) is 0 Å². The lowest BCUT2D eigenvalue weighted by molar-refractivity contribution is -0.870. The van der Waals surface area contributed by atoms with E-state index in [0.29, 0.717) is 60.3 Å². The maximum atomic E-state index is 14.0. The molecule has 0 spiro atoms. The maximum absolute atomic E-state index is 14.0. The third-order valence-corrected chi connectivity index (χ3v) is 8.44. The van der Waals surface area contributed by atoms with E-state index < -0.39 is 23.5 Å². The number of alkyl halides is 3. The van der Waals surface area contributed by atoms with Crippen LogP contribution in [0.25, 0.3) is 22.8 Å². The predicted octanol–water partition coefficient (Wildman–Crippen LogP) is 5.06. The summed E-state index contributed by atoms with van der Waals surface area (Å²) in [6, 6.07) is 13.4. The first-order chi connectivity index (χ1) is 22.7. The number of nitrogens with zero attached hydrogens (tertiary/aromatic N) is 6. The molecular weight excluding hydrogens is 627 g/mol. The SMILES string of the molecule is Cc1c(-c2ccnn2-c2ccc(C#N)cc2)n(C(=O)NC2CCC(C(=O)OCC[N+](C)(C)C)CC2)c(=O)n1-c1cccc(C(F)(F)F)c1. The maximum Gasteiger partial charge on any atom is 0.416 e. The average molecular weight is 665 g/mol. The van der Waals surface area contributed by atoms with Gasteiger partial charge in [-0.05, 0) is 81.1 Å². The highest BCUT2D eigenvalue weighted by Gasteiger charge is 2.33. The second-order valence-electron chi connectivity index (χ2n) is 12.9. The van der Waals surface area contributed by atoms with Crippen LogP contribution in [0.2, 0.25) is 0 Å². The van der Waals surface area contributed by atoms with Crippen molar-refractivity contribution in [3.63, 3.8) is 0 Å². The van der Waals surface area contributed by atoms with Gasteiger partial charge in [0.1, 0.15) is 18.8 Å². The summed E-state index contributed by atoms with van der Waals surface area (Å²) in [4.78, 5) is 40.6. The van der Waals surface area contributed by atoms with Crippen molar-refractivity contribution in [1.82, 2.24) is 24.2 Å². The molecule has 0 unspecified atom stereocenters. The lowest BCUT2D eigenvalue weighted by Crippen LogP contribution is -2.44. The summed E-state index contributed by atoms with van der Waals surface area (Å²) in [5.41, 5.74) is -0.239. The molecule has 1 aliphatic rings. The number of rotatable bonds is 8. The van der Waals surface area contributed by atoms with Crippen LogP contribution >= 0.6 is 0 Å². The summed E-state index contributed by atoms with van der Waals surface area (Å²) in [6.45, 7) is 2.54. The molecule has 1 aliphatic carbocycles. The Balaban J connectivity index is 1.48. The predicted molar refractivity (Wildman–Crippen MR) is 171 cm³/mol. The topological polar surface area (TPSA) is 124 Å². The highest BCUT2D eigenvalue weighted by Crippen LogP contribution is 2.32. The van der Waals surface area contributed by atoms with Crippen molar-refractivity contribution in [1.29, 1.82) is 5.26 Å². The number of esters is 1. The summed E-state index contributed by atoms with van der Waals surface area (Å²) in [6.07, 6.45) is -1.25. The lowest BCUT2D eigenvalue weighted by atomic mass is 9.86. The fourth-order valence-corrected chi connectivity index (χ4v) is 5.84. The molecule has 4 aromatic rings. The standard InChI is InChI=1S/C34H36F3N7O4/c1-22-30(29-16-17-39-43(29)27-14-8-23(21-38)9-15-27)42(33(47)41(22)28-7-5-6-25(20-28)34(35,36)37)32(46)40-26-12-10-24(11-13-26)31(45)48-19-18-44(2,3)4/h5-9,14-17,20,24,26H,10-13,18-19H2,1-4H3/p+1. The van der Waals surface area contributed by atoms with Crippen LogP contribution in [0.1, 0.15) is 42.5 Å². The van der Waals surface area contributed by atoms with Crippen molar-refractivity contribution in [2.45, 2.75) is 44.8 Å². The molecule has 48 heavy (non-hydrogen) atoms. The number of benzene rings is 2. The van der Waals surface area contributed by atoms with E-state index in [2.05, 4.69) is 10.4 Å². The van der Waals surface area contributed by atoms with Crippen LogP contribution in [0.15, 0.2) is 65.6 Å². The molecule has 1 amide bonds.